The molecule has 1 aliphatic heterocycles. The number of aromatic nitrogens is 1. The summed E-state index contributed by atoms with van der Waals surface area (Å²) in [6.07, 6.45) is 2.16. The highest BCUT2D eigenvalue weighted by Crippen LogP contribution is 2.38. The molecule has 0 bridgehead atoms. The van der Waals surface area contributed by atoms with Crippen molar-refractivity contribution in [2.45, 2.75) is 58.7 Å². The molecule has 0 radical (unpaired) electrons. The third kappa shape index (κ3) is 5.26. The lowest BCUT2D eigenvalue weighted by Gasteiger charge is -2.37. The number of methoxy groups -OCH3 is 1. The van der Waals surface area contributed by atoms with Crippen molar-refractivity contribution in [3.63, 3.8) is 0 Å². The SMILES string of the molecule is COC(=O)c1ccc([C@@H]2CN(C)CC[C@H]2Oc2c(C)cc(C)c3c2ccn3C(=O)OC(C)(C)C)cc1. The second-order valence-electron chi connectivity index (χ2n) is 10.7. The number of hydrogen-bond donors (Lipinski definition) is 0. The standard InChI is InChI=1S/C29H36N2O5/c1-18-16-19(2)26(22-12-15-31(25(18)22)28(33)36-29(3,4)5)35-24-13-14-30(6)17-23(24)20-8-10-21(11-9-20)27(32)34-7/h8-12,15-16,23-24H,13-14,17H2,1-7H3/t23-,24+/m0/s1. The van der Waals surface area contributed by atoms with Crippen molar-refractivity contribution in [2.24, 2.45) is 0 Å². The van der Waals surface area contributed by atoms with Gasteiger partial charge in [0.2, 0.25) is 0 Å². The fourth-order valence-corrected chi connectivity index (χ4v) is 5.00. The van der Waals surface area contributed by atoms with Crippen LogP contribution in [0.1, 0.15) is 60.2 Å². The van der Waals surface area contributed by atoms with Crippen molar-refractivity contribution in [1.29, 1.82) is 0 Å². The largest absolute Gasteiger partial charge is 0.489 e. The summed E-state index contributed by atoms with van der Waals surface area (Å²) in [5.74, 6) is 0.574. The van der Waals surface area contributed by atoms with Gasteiger partial charge in [0.1, 0.15) is 17.5 Å². The van der Waals surface area contributed by atoms with Crippen LogP contribution in [0, 0.1) is 13.8 Å². The third-order valence-electron chi connectivity index (χ3n) is 6.67. The molecule has 0 saturated carbocycles. The van der Waals surface area contributed by atoms with E-state index in [-0.39, 0.29) is 18.0 Å². The maximum Gasteiger partial charge on any atom is 0.419 e. The number of carbonyl (C=O) groups is 2. The van der Waals surface area contributed by atoms with Crippen LogP contribution in [-0.4, -0.2) is 60.5 Å². The smallest absolute Gasteiger partial charge is 0.419 e. The van der Waals surface area contributed by atoms with Gasteiger partial charge in [-0.15, -0.1) is 0 Å². The van der Waals surface area contributed by atoms with Gasteiger partial charge in [-0.25, -0.2) is 9.59 Å². The van der Waals surface area contributed by atoms with Crippen molar-refractivity contribution in [2.75, 3.05) is 27.2 Å². The number of aryl methyl sites for hydroxylation is 2. The monoisotopic (exact) mass is 492 g/mol. The van der Waals surface area contributed by atoms with Crippen LogP contribution in [0.15, 0.2) is 42.6 Å². The summed E-state index contributed by atoms with van der Waals surface area (Å²) in [5.41, 5.74) is 3.88. The zero-order chi connectivity index (χ0) is 26.2. The molecule has 3 aromatic rings. The summed E-state index contributed by atoms with van der Waals surface area (Å²) in [4.78, 5) is 27.1. The minimum absolute atomic E-state index is 0.0559. The molecule has 4 rings (SSSR count). The van der Waals surface area contributed by atoms with Gasteiger partial charge in [0.15, 0.2) is 0 Å². The van der Waals surface area contributed by atoms with Crippen LogP contribution in [0.3, 0.4) is 0 Å². The highest BCUT2D eigenvalue weighted by atomic mass is 16.6. The maximum atomic E-state index is 12.9. The highest BCUT2D eigenvalue weighted by molar-refractivity contribution is 5.96. The van der Waals surface area contributed by atoms with Gasteiger partial charge in [0.25, 0.3) is 0 Å². The molecule has 0 N–H and O–H groups in total. The van der Waals surface area contributed by atoms with Crippen LogP contribution >= 0.6 is 0 Å². The van der Waals surface area contributed by atoms with Crippen LogP contribution in [0.4, 0.5) is 4.79 Å². The predicted molar refractivity (Wildman–Crippen MR) is 140 cm³/mol. The van der Waals surface area contributed by atoms with Gasteiger partial charge < -0.3 is 19.1 Å². The molecule has 0 spiro atoms. The lowest BCUT2D eigenvalue weighted by molar-refractivity contribution is 0.0542. The molecule has 1 saturated heterocycles. The molecule has 7 heteroatoms. The highest BCUT2D eigenvalue weighted by Gasteiger charge is 2.32. The van der Waals surface area contributed by atoms with Crippen LogP contribution in [0.2, 0.25) is 0 Å². The number of likely N-dealkylation sites (tertiary alicyclic amines) is 1. The topological polar surface area (TPSA) is 70.0 Å². The predicted octanol–water partition coefficient (Wildman–Crippen LogP) is 5.69. The summed E-state index contributed by atoms with van der Waals surface area (Å²) in [7, 11) is 3.50. The third-order valence-corrected chi connectivity index (χ3v) is 6.67. The van der Waals surface area contributed by atoms with E-state index >= 15 is 0 Å². The maximum absolute atomic E-state index is 12.9. The minimum Gasteiger partial charge on any atom is -0.489 e. The molecule has 2 heterocycles. The van der Waals surface area contributed by atoms with Crippen LogP contribution in [-0.2, 0) is 9.47 Å². The Balaban J connectivity index is 1.69. The van der Waals surface area contributed by atoms with Crippen molar-refractivity contribution >= 4 is 23.0 Å². The van der Waals surface area contributed by atoms with E-state index in [0.717, 1.165) is 52.9 Å². The molecule has 2 aromatic carbocycles. The fourth-order valence-electron chi connectivity index (χ4n) is 5.00. The van der Waals surface area contributed by atoms with Crippen molar-refractivity contribution in [3.05, 3.63) is 64.8 Å². The van der Waals surface area contributed by atoms with Gasteiger partial charge in [0.05, 0.1) is 18.2 Å². The number of likely N-dealkylation sites (N-methyl/N-ethyl adjacent to an activating group) is 1. The van der Waals surface area contributed by atoms with E-state index in [1.807, 2.05) is 65.0 Å². The van der Waals surface area contributed by atoms with Gasteiger partial charge in [-0.2, -0.15) is 0 Å². The summed E-state index contributed by atoms with van der Waals surface area (Å²) < 4.78 is 18.8. The first-order chi connectivity index (χ1) is 17.0. The number of hydrogen-bond acceptors (Lipinski definition) is 6. The van der Waals surface area contributed by atoms with Gasteiger partial charge in [-0.05, 0) is 83.0 Å². The van der Waals surface area contributed by atoms with E-state index in [2.05, 4.69) is 18.0 Å². The average Bonchev–Trinajstić information content (AvgIpc) is 3.27. The fraction of sp³-hybridized carbons (Fsp3) is 0.448. The first kappa shape index (κ1) is 25.8. The summed E-state index contributed by atoms with van der Waals surface area (Å²) in [6, 6.07) is 11.6. The number of benzene rings is 2. The number of esters is 1. The van der Waals surface area contributed by atoms with E-state index in [1.54, 1.807) is 10.8 Å². The Hall–Kier alpha value is -3.32. The Bertz CT molecular complexity index is 1270. The lowest BCUT2D eigenvalue weighted by atomic mass is 9.87. The van der Waals surface area contributed by atoms with E-state index in [0.29, 0.717) is 5.56 Å². The quantitative estimate of drug-likeness (QED) is 0.436. The Morgan fingerprint density at radius 2 is 1.72 bits per heavy atom. The number of fused-ring (bicyclic) bond motifs is 1. The molecule has 0 unspecified atom stereocenters. The number of piperidine rings is 1. The summed E-state index contributed by atoms with van der Waals surface area (Å²) >= 11 is 0. The van der Waals surface area contributed by atoms with E-state index < -0.39 is 11.7 Å². The Labute approximate surface area is 212 Å². The molecule has 36 heavy (non-hydrogen) atoms. The van der Waals surface area contributed by atoms with Gasteiger partial charge in [-0.3, -0.25) is 4.57 Å². The Morgan fingerprint density at radius 3 is 2.36 bits per heavy atom. The average molecular weight is 493 g/mol. The normalized spacial score (nSPS) is 18.8. The minimum atomic E-state index is -0.587. The van der Waals surface area contributed by atoms with E-state index in [9.17, 15) is 9.59 Å². The molecular formula is C29H36N2O5. The second-order valence-corrected chi connectivity index (χ2v) is 10.7. The molecule has 1 aromatic heterocycles. The zero-order valence-corrected chi connectivity index (χ0v) is 22.3. The van der Waals surface area contributed by atoms with Gasteiger partial charge >= 0.3 is 12.1 Å². The van der Waals surface area contributed by atoms with Crippen LogP contribution in [0.25, 0.3) is 10.9 Å². The van der Waals surface area contributed by atoms with Gasteiger partial charge in [-0.1, -0.05) is 18.2 Å². The molecule has 2 atom stereocenters. The molecule has 7 nitrogen and oxygen atoms in total. The molecule has 1 aliphatic rings. The lowest BCUT2D eigenvalue weighted by Crippen LogP contribution is -2.42. The Kier molecular flexibility index (Phi) is 7.14. The number of nitrogens with zero attached hydrogens (tertiary/aromatic N) is 2. The zero-order valence-electron chi connectivity index (χ0n) is 22.3. The first-order valence-electron chi connectivity index (χ1n) is 12.4. The van der Waals surface area contributed by atoms with Crippen molar-refractivity contribution in [1.82, 2.24) is 9.47 Å². The summed E-state index contributed by atoms with van der Waals surface area (Å²) in [5, 5.41) is 0.900. The molecule has 0 aliphatic carbocycles. The van der Waals surface area contributed by atoms with Crippen molar-refractivity contribution in [3.8, 4) is 5.75 Å². The van der Waals surface area contributed by atoms with Crippen LogP contribution < -0.4 is 4.74 Å². The summed E-state index contributed by atoms with van der Waals surface area (Å²) in [6.45, 7) is 11.4. The van der Waals surface area contributed by atoms with E-state index in [4.69, 9.17) is 14.2 Å². The molecule has 0 amide bonds. The molecule has 192 valence electrons. The number of ether oxygens (including phenoxy) is 3. The van der Waals surface area contributed by atoms with Crippen LogP contribution in [0.5, 0.6) is 5.75 Å². The molecule has 1 fully saturated rings. The second kappa shape index (κ2) is 9.97. The van der Waals surface area contributed by atoms with Gasteiger partial charge in [0, 0.05) is 30.6 Å². The van der Waals surface area contributed by atoms with Crippen molar-refractivity contribution < 1.29 is 23.8 Å². The number of rotatable bonds is 4. The first-order valence-corrected chi connectivity index (χ1v) is 12.4. The molecular weight excluding hydrogens is 456 g/mol. The van der Waals surface area contributed by atoms with E-state index in [1.165, 1.54) is 7.11 Å². The number of carbonyl (C=O) groups excluding carboxylic acids is 2. The Morgan fingerprint density at radius 1 is 1.03 bits per heavy atom.